The van der Waals surface area contributed by atoms with Gasteiger partial charge in [-0.05, 0) is 57.9 Å². The molecule has 8 N–H and O–H groups in total. The molecular formula is C17H35ClN7O13Y3-3. The molecule has 1 aliphatic heterocycles. The van der Waals surface area contributed by atoms with Crippen molar-refractivity contribution < 1.29 is 148 Å². The summed E-state index contributed by atoms with van der Waals surface area (Å²) < 4.78 is 4.72. The van der Waals surface area contributed by atoms with E-state index in [2.05, 4.69) is 5.32 Å². The zero-order valence-corrected chi connectivity index (χ0v) is 31.4. The fraction of sp³-hybridized carbons (Fsp3) is 0.824. The van der Waals surface area contributed by atoms with Gasteiger partial charge in [0.25, 0.3) is 21.7 Å². The van der Waals surface area contributed by atoms with Gasteiger partial charge in [0.15, 0.2) is 0 Å². The van der Waals surface area contributed by atoms with Gasteiger partial charge in [0.1, 0.15) is 6.10 Å². The molecule has 0 spiro atoms. The van der Waals surface area contributed by atoms with E-state index in [4.69, 9.17) is 62.2 Å². The van der Waals surface area contributed by atoms with E-state index in [0.717, 1.165) is 57.9 Å². The van der Waals surface area contributed by atoms with Crippen LogP contribution in [0.2, 0.25) is 0 Å². The largest absolute Gasteiger partial charge is 0.693 e. The standard InChI is InChI=1S/C6H11NO.C6H10O2.C5H10N2O.ClH.3HNO3.H2N.3Y/c7-6(8)5-3-1-2-4-5;7-5-8-6-3-1-2-4-6;6-5(8)4-2-1-3-7-4;;3*2-1(3)4;;;;/h5H,1-4H2,(H2,7,8);5-6H,1-4H2;4,7H,1-3H2,(H2,6,8);1H;3*(H,2,3,4);1H2;;;/q;;;;;;;-1;;;/p-2. The van der Waals surface area contributed by atoms with Crippen molar-refractivity contribution in [1.29, 1.82) is 0 Å². The van der Waals surface area contributed by atoms with Crippen molar-refractivity contribution in [1.82, 2.24) is 5.32 Å². The minimum absolute atomic E-state index is 0. The van der Waals surface area contributed by atoms with Gasteiger partial charge in [-0.2, -0.15) is 0 Å². The number of ether oxygens (including phenoxy) is 1. The third-order valence-electron chi connectivity index (χ3n) is 4.65. The van der Waals surface area contributed by atoms with Crippen molar-refractivity contribution in [3.05, 3.63) is 48.0 Å². The molecule has 1 unspecified atom stereocenters. The number of amides is 2. The summed E-state index contributed by atoms with van der Waals surface area (Å²) in [4.78, 5) is 55.4. The Morgan fingerprint density at radius 1 is 0.756 bits per heavy atom. The average molecular weight is 848 g/mol. The van der Waals surface area contributed by atoms with Crippen LogP contribution in [0.3, 0.4) is 0 Å². The summed E-state index contributed by atoms with van der Waals surface area (Å²) in [7, 11) is 0. The van der Waals surface area contributed by atoms with Crippen LogP contribution in [0.1, 0.15) is 64.2 Å². The van der Waals surface area contributed by atoms with Crippen LogP contribution in [0.25, 0.3) is 17.6 Å². The normalized spacial score (nSPS) is 15.6. The van der Waals surface area contributed by atoms with Crippen molar-refractivity contribution in [2.24, 2.45) is 5.92 Å². The molecule has 3 radical (unpaired) electrons. The molecule has 2 saturated carbocycles. The van der Waals surface area contributed by atoms with Crippen LogP contribution in [0.4, 0.5) is 0 Å². The number of hydrogen-bond donors (Lipinski definition) is 4. The molecule has 2 aliphatic carbocycles. The maximum atomic E-state index is 10.3. The SMILES string of the molecule is Cl.O=COC1CCCC1.O=[N+]([O-])O.O=[N+]([O-])O.O=[N+]([O-])O.[NH-]C(=O)C1CCCC1.[NH-]C(=O)C1CCCN1.[NH2-].[Y].[Y].[Y]. The first kappa shape index (κ1) is 59.9. The first-order valence-electron chi connectivity index (χ1n) is 10.6. The van der Waals surface area contributed by atoms with Crippen molar-refractivity contribution in [3.63, 3.8) is 0 Å². The molecule has 2 amide bonds. The molecule has 41 heavy (non-hydrogen) atoms. The zero-order valence-electron chi connectivity index (χ0n) is 22.1. The Labute approximate surface area is 317 Å². The van der Waals surface area contributed by atoms with E-state index in [0.29, 0.717) is 6.47 Å². The second-order valence-electron chi connectivity index (χ2n) is 7.21. The maximum absolute atomic E-state index is 10.3. The molecule has 3 aliphatic rings. The predicted octanol–water partition coefficient (Wildman–Crippen LogP) is 3.26. The smallest absolute Gasteiger partial charge is 0.293 e. The quantitative estimate of drug-likeness (QED) is 0.179. The fourth-order valence-corrected chi connectivity index (χ4v) is 3.20. The Balaban J connectivity index is -0.0000000534. The summed E-state index contributed by atoms with van der Waals surface area (Å²) in [5, 5.41) is 43.8. The predicted molar refractivity (Wildman–Crippen MR) is 130 cm³/mol. The van der Waals surface area contributed by atoms with Crippen LogP contribution in [0, 0.1) is 36.3 Å². The van der Waals surface area contributed by atoms with Crippen LogP contribution >= 0.6 is 12.4 Å². The number of carbonyl (C=O) groups excluding carboxylic acids is 3. The Morgan fingerprint density at radius 2 is 1.10 bits per heavy atom. The Morgan fingerprint density at radius 3 is 1.29 bits per heavy atom. The molecule has 0 aromatic rings. The molecule has 20 nitrogen and oxygen atoms in total. The molecule has 0 aromatic heterocycles. The number of nitrogens with zero attached hydrogens (tertiary/aromatic N) is 3. The molecule has 3 fully saturated rings. The van der Waals surface area contributed by atoms with E-state index in [1.807, 2.05) is 0 Å². The van der Waals surface area contributed by atoms with Gasteiger partial charge in [-0.25, -0.2) is 0 Å². The molecule has 24 heteroatoms. The van der Waals surface area contributed by atoms with Crippen LogP contribution in [-0.4, -0.2) is 67.9 Å². The van der Waals surface area contributed by atoms with Gasteiger partial charge in [-0.15, -0.1) is 42.7 Å². The van der Waals surface area contributed by atoms with E-state index in [9.17, 15) is 14.4 Å². The third kappa shape index (κ3) is 56.0. The Bertz CT molecular complexity index is 607. The van der Waals surface area contributed by atoms with Gasteiger partial charge < -0.3 is 52.9 Å². The van der Waals surface area contributed by atoms with Crippen molar-refractivity contribution >= 4 is 30.7 Å². The van der Waals surface area contributed by atoms with E-state index >= 15 is 0 Å². The van der Waals surface area contributed by atoms with Crippen molar-refractivity contribution in [3.8, 4) is 0 Å². The number of nitrogens with two attached hydrogens (primary N) is 1. The van der Waals surface area contributed by atoms with Crippen LogP contribution in [-0.2, 0) is 117 Å². The van der Waals surface area contributed by atoms with Crippen molar-refractivity contribution in [2.45, 2.75) is 76.4 Å². The topological polar surface area (TPSA) is 344 Å². The summed E-state index contributed by atoms with van der Waals surface area (Å²) in [5.41, 5.74) is 13.4. The Kier molecular flexibility index (Phi) is 60.8. The van der Waals surface area contributed by atoms with Crippen LogP contribution < -0.4 is 5.32 Å². The summed E-state index contributed by atoms with van der Waals surface area (Å²) >= 11 is 0. The molecule has 0 aromatic carbocycles. The number of carbonyl (C=O) groups is 3. The second kappa shape index (κ2) is 41.7. The number of nitrogens with one attached hydrogen (secondary N) is 3. The van der Waals surface area contributed by atoms with Gasteiger partial charge >= 0.3 is 0 Å². The van der Waals surface area contributed by atoms with Crippen molar-refractivity contribution in [2.75, 3.05) is 6.54 Å². The van der Waals surface area contributed by atoms with Gasteiger partial charge in [-0.3, -0.25) is 4.79 Å². The van der Waals surface area contributed by atoms with Gasteiger partial charge in [0.05, 0.1) is 11.8 Å². The molecule has 1 heterocycles. The Hall–Kier alpha value is -0.468. The first-order chi connectivity index (χ1) is 16.7. The summed E-state index contributed by atoms with van der Waals surface area (Å²) in [6.07, 6.45) is 10.9. The minimum Gasteiger partial charge on any atom is -0.693 e. The van der Waals surface area contributed by atoms with E-state index in [1.165, 1.54) is 12.8 Å². The van der Waals surface area contributed by atoms with Gasteiger partial charge in [0, 0.05) is 110 Å². The molecule has 235 valence electrons. The third-order valence-corrected chi connectivity index (χ3v) is 4.65. The first-order valence-corrected chi connectivity index (χ1v) is 10.6. The maximum Gasteiger partial charge on any atom is 0.293 e. The second-order valence-corrected chi connectivity index (χ2v) is 7.21. The monoisotopic (exact) mass is 847 g/mol. The van der Waals surface area contributed by atoms with E-state index in [-0.39, 0.29) is 141 Å². The molecular weight excluding hydrogens is 812 g/mol. The van der Waals surface area contributed by atoms with Gasteiger partial charge in [0.2, 0.25) is 0 Å². The molecule has 1 saturated heterocycles. The van der Waals surface area contributed by atoms with Gasteiger partial charge in [-0.1, -0.05) is 12.8 Å². The number of rotatable bonds is 4. The van der Waals surface area contributed by atoms with Crippen LogP contribution in [0.15, 0.2) is 0 Å². The molecule has 3 rings (SSSR count). The van der Waals surface area contributed by atoms with E-state index < -0.39 is 21.2 Å². The van der Waals surface area contributed by atoms with Crippen LogP contribution in [0.5, 0.6) is 0 Å². The summed E-state index contributed by atoms with van der Waals surface area (Å²) in [6, 6.07) is -0.157. The average Bonchev–Trinajstić information content (AvgIpc) is 3.50. The number of halogens is 1. The molecule has 1 atom stereocenters. The minimum atomic E-state index is -1.50. The summed E-state index contributed by atoms with van der Waals surface area (Å²) in [6.45, 7) is 1.45. The zero-order chi connectivity index (χ0) is 28.5. The number of hydrogen-bond acceptors (Lipinski definition) is 11. The van der Waals surface area contributed by atoms with E-state index in [1.54, 1.807) is 0 Å². The molecule has 0 bridgehead atoms. The fourth-order valence-electron chi connectivity index (χ4n) is 3.20. The summed E-state index contributed by atoms with van der Waals surface area (Å²) in [5.74, 6) is -0.736.